The fourth-order valence-electron chi connectivity index (χ4n) is 3.12. The topological polar surface area (TPSA) is 49.9 Å². The lowest BCUT2D eigenvalue weighted by molar-refractivity contribution is -0.136. The lowest BCUT2D eigenvalue weighted by Gasteiger charge is -2.35. The summed E-state index contributed by atoms with van der Waals surface area (Å²) in [4.78, 5) is 27.7. The molecule has 132 valence electrons. The summed E-state index contributed by atoms with van der Waals surface area (Å²) in [6, 6.07) is 9.75. The monoisotopic (exact) mass is 332 g/mol. The van der Waals surface area contributed by atoms with Gasteiger partial charge in [0.2, 0.25) is 11.8 Å². The molecule has 1 unspecified atom stereocenters. The maximum absolute atomic E-state index is 12.4. The Balaban J connectivity index is 1.70. The summed E-state index contributed by atoms with van der Waals surface area (Å²) >= 11 is 0. The van der Waals surface area contributed by atoms with Crippen molar-refractivity contribution in [3.8, 4) is 5.75 Å². The van der Waals surface area contributed by atoms with Crippen LogP contribution < -0.4 is 4.74 Å². The van der Waals surface area contributed by atoms with Crippen molar-refractivity contribution < 1.29 is 14.3 Å². The molecule has 5 nitrogen and oxygen atoms in total. The summed E-state index contributed by atoms with van der Waals surface area (Å²) in [5, 5.41) is 0. The molecule has 1 aromatic carbocycles. The highest BCUT2D eigenvalue weighted by Crippen LogP contribution is 2.20. The molecular weight excluding hydrogens is 304 g/mol. The number of para-hydroxylation sites is 1. The van der Waals surface area contributed by atoms with E-state index in [2.05, 4.69) is 0 Å². The van der Waals surface area contributed by atoms with Crippen LogP contribution in [0.15, 0.2) is 30.3 Å². The van der Waals surface area contributed by atoms with E-state index >= 15 is 0 Å². The van der Waals surface area contributed by atoms with Crippen LogP contribution in [0.1, 0.15) is 39.0 Å². The lowest BCUT2D eigenvalue weighted by atomic mass is 9.98. The van der Waals surface area contributed by atoms with Gasteiger partial charge in [-0.3, -0.25) is 9.59 Å². The van der Waals surface area contributed by atoms with Gasteiger partial charge in [0.1, 0.15) is 5.75 Å². The van der Waals surface area contributed by atoms with E-state index in [4.69, 9.17) is 4.74 Å². The van der Waals surface area contributed by atoms with E-state index in [1.165, 1.54) is 0 Å². The molecule has 0 N–H and O–H groups in total. The average Bonchev–Trinajstić information content (AvgIpc) is 2.59. The Kier molecular flexibility index (Phi) is 7.09. The van der Waals surface area contributed by atoms with Crippen molar-refractivity contribution in [2.45, 2.75) is 45.1 Å². The molecule has 2 amide bonds. The van der Waals surface area contributed by atoms with Crippen molar-refractivity contribution in [1.29, 1.82) is 0 Å². The quantitative estimate of drug-likeness (QED) is 0.721. The average molecular weight is 332 g/mol. The number of hydrogen-bond donors (Lipinski definition) is 0. The van der Waals surface area contributed by atoms with E-state index < -0.39 is 0 Å². The predicted octanol–water partition coefficient (Wildman–Crippen LogP) is 2.71. The van der Waals surface area contributed by atoms with Crippen LogP contribution in [0, 0.1) is 0 Å². The van der Waals surface area contributed by atoms with Crippen molar-refractivity contribution in [1.82, 2.24) is 9.80 Å². The van der Waals surface area contributed by atoms with Crippen molar-refractivity contribution in [2.24, 2.45) is 0 Å². The third-order valence-electron chi connectivity index (χ3n) is 4.52. The van der Waals surface area contributed by atoms with Crippen molar-refractivity contribution in [2.75, 3.05) is 26.7 Å². The Morgan fingerprint density at radius 2 is 2.00 bits per heavy atom. The molecule has 0 bridgehead atoms. The summed E-state index contributed by atoms with van der Waals surface area (Å²) in [5.41, 5.74) is 0. The van der Waals surface area contributed by atoms with Crippen LogP contribution in [-0.2, 0) is 9.59 Å². The summed E-state index contributed by atoms with van der Waals surface area (Å²) in [6.45, 7) is 3.62. The van der Waals surface area contributed by atoms with E-state index in [9.17, 15) is 9.59 Å². The Labute approximate surface area is 144 Å². The Hall–Kier alpha value is -2.04. The number of nitrogens with zero attached hydrogens (tertiary/aromatic N) is 2. The van der Waals surface area contributed by atoms with Gasteiger partial charge in [-0.25, -0.2) is 0 Å². The van der Waals surface area contributed by atoms with Crippen LogP contribution in [0.25, 0.3) is 0 Å². The van der Waals surface area contributed by atoms with Gasteiger partial charge in [-0.2, -0.15) is 0 Å². The van der Waals surface area contributed by atoms with Gasteiger partial charge in [-0.1, -0.05) is 18.2 Å². The first-order chi connectivity index (χ1) is 11.6. The molecule has 0 saturated carbocycles. The van der Waals surface area contributed by atoms with Gasteiger partial charge in [-0.15, -0.1) is 0 Å². The molecule has 0 spiro atoms. The number of likely N-dealkylation sites (tertiary alicyclic amines) is 1. The number of carbonyl (C=O) groups is 2. The summed E-state index contributed by atoms with van der Waals surface area (Å²) in [7, 11) is 1.83. The second kappa shape index (κ2) is 9.30. The molecule has 2 rings (SSSR count). The minimum Gasteiger partial charge on any atom is -0.494 e. The summed E-state index contributed by atoms with van der Waals surface area (Å²) < 4.78 is 5.64. The number of ether oxygens (including phenoxy) is 1. The molecule has 1 aliphatic rings. The zero-order valence-electron chi connectivity index (χ0n) is 14.7. The Morgan fingerprint density at radius 3 is 2.71 bits per heavy atom. The predicted molar refractivity (Wildman–Crippen MR) is 93.8 cm³/mol. The Morgan fingerprint density at radius 1 is 1.25 bits per heavy atom. The number of carbonyl (C=O) groups excluding carboxylic acids is 2. The summed E-state index contributed by atoms with van der Waals surface area (Å²) in [5.74, 6) is 1.03. The molecule has 1 saturated heterocycles. The summed E-state index contributed by atoms with van der Waals surface area (Å²) in [6.07, 6.45) is 4.28. The van der Waals surface area contributed by atoms with E-state index in [1.807, 2.05) is 42.3 Å². The smallest absolute Gasteiger partial charge is 0.224 e. The zero-order chi connectivity index (χ0) is 17.4. The molecule has 5 heteroatoms. The van der Waals surface area contributed by atoms with Crippen molar-refractivity contribution in [3.63, 3.8) is 0 Å². The molecular formula is C19H28N2O3. The number of piperidine rings is 1. The van der Waals surface area contributed by atoms with Crippen LogP contribution in [-0.4, -0.2) is 54.4 Å². The van der Waals surface area contributed by atoms with Gasteiger partial charge in [0, 0.05) is 39.5 Å². The fraction of sp³-hybridized carbons (Fsp3) is 0.579. The van der Waals surface area contributed by atoms with Crippen LogP contribution in [0.3, 0.4) is 0 Å². The molecule has 0 radical (unpaired) electrons. The Bertz CT molecular complexity index is 533. The molecule has 1 fully saturated rings. The maximum Gasteiger partial charge on any atom is 0.224 e. The number of amides is 2. The minimum absolute atomic E-state index is 0.0618. The van der Waals surface area contributed by atoms with E-state index in [0.29, 0.717) is 19.6 Å². The molecule has 0 aromatic heterocycles. The third kappa shape index (κ3) is 5.55. The zero-order valence-corrected chi connectivity index (χ0v) is 14.7. The molecule has 1 aromatic rings. The lowest BCUT2D eigenvalue weighted by Crippen LogP contribution is -2.45. The van der Waals surface area contributed by atoms with Gasteiger partial charge < -0.3 is 14.5 Å². The molecule has 1 heterocycles. The first kappa shape index (κ1) is 18.3. The number of benzene rings is 1. The standard InChI is InChI=1S/C19H28N2O3/c1-16(22)21-13-7-6-9-17(21)15-19(23)20(2)12-8-14-24-18-10-4-3-5-11-18/h3-5,10-11,17H,6-9,12-15H2,1-2H3. The van der Waals surface area contributed by atoms with Gasteiger partial charge >= 0.3 is 0 Å². The molecule has 1 atom stereocenters. The van der Waals surface area contributed by atoms with E-state index in [1.54, 1.807) is 11.8 Å². The first-order valence-corrected chi connectivity index (χ1v) is 8.77. The second-order valence-corrected chi connectivity index (χ2v) is 6.40. The molecule has 1 aliphatic heterocycles. The number of hydrogen-bond acceptors (Lipinski definition) is 3. The highest BCUT2D eigenvalue weighted by atomic mass is 16.5. The van der Waals surface area contributed by atoms with Crippen LogP contribution in [0.4, 0.5) is 0 Å². The molecule has 0 aliphatic carbocycles. The van der Waals surface area contributed by atoms with Gasteiger partial charge in [0.15, 0.2) is 0 Å². The minimum atomic E-state index is 0.0618. The van der Waals surface area contributed by atoms with Crippen molar-refractivity contribution in [3.05, 3.63) is 30.3 Å². The van der Waals surface area contributed by atoms with Crippen LogP contribution in [0.5, 0.6) is 5.75 Å². The largest absolute Gasteiger partial charge is 0.494 e. The second-order valence-electron chi connectivity index (χ2n) is 6.40. The first-order valence-electron chi connectivity index (χ1n) is 8.77. The highest BCUT2D eigenvalue weighted by Gasteiger charge is 2.27. The van der Waals surface area contributed by atoms with Gasteiger partial charge in [0.25, 0.3) is 0 Å². The normalized spacial score (nSPS) is 17.4. The third-order valence-corrected chi connectivity index (χ3v) is 4.52. The van der Waals surface area contributed by atoms with E-state index in [-0.39, 0.29) is 17.9 Å². The molecule has 24 heavy (non-hydrogen) atoms. The van der Waals surface area contributed by atoms with Crippen LogP contribution >= 0.6 is 0 Å². The van der Waals surface area contributed by atoms with Gasteiger partial charge in [0.05, 0.1) is 6.61 Å². The van der Waals surface area contributed by atoms with Crippen LogP contribution in [0.2, 0.25) is 0 Å². The van der Waals surface area contributed by atoms with Gasteiger partial charge in [-0.05, 0) is 37.8 Å². The van der Waals surface area contributed by atoms with Crippen molar-refractivity contribution >= 4 is 11.8 Å². The highest BCUT2D eigenvalue weighted by molar-refractivity contribution is 5.78. The fourth-order valence-corrected chi connectivity index (χ4v) is 3.12. The maximum atomic E-state index is 12.4. The SMILES string of the molecule is CC(=O)N1CCCCC1CC(=O)N(C)CCCOc1ccccc1. The number of rotatable bonds is 7. The van der Waals surface area contributed by atoms with E-state index in [0.717, 1.165) is 38.0 Å².